The average molecular weight is 380 g/mol. The second-order valence-corrected chi connectivity index (χ2v) is 6.90. The number of pyridine rings is 1. The van der Waals surface area contributed by atoms with Crippen molar-refractivity contribution in [3.8, 4) is 11.6 Å². The van der Waals surface area contributed by atoms with Crippen LogP contribution < -0.4 is 10.6 Å². The van der Waals surface area contributed by atoms with E-state index in [4.69, 9.17) is 9.52 Å². The van der Waals surface area contributed by atoms with Gasteiger partial charge in [-0.1, -0.05) is 6.07 Å². The van der Waals surface area contributed by atoms with Crippen LogP contribution in [-0.4, -0.2) is 33.1 Å². The number of hydrogen-bond acceptors (Lipinski definition) is 5. The molecule has 144 valence electrons. The zero-order chi connectivity index (χ0) is 19.5. The molecule has 2 amide bonds. The Kier molecular flexibility index (Phi) is 4.92. The Bertz CT molecular complexity index is 994. The summed E-state index contributed by atoms with van der Waals surface area (Å²) in [4.78, 5) is 31.9. The highest BCUT2D eigenvalue weighted by molar-refractivity contribution is 5.92. The highest BCUT2D eigenvalue weighted by atomic mass is 16.4. The van der Waals surface area contributed by atoms with E-state index in [1.54, 1.807) is 24.4 Å². The number of hydrogen-bond donors (Lipinski definition) is 3. The van der Waals surface area contributed by atoms with E-state index >= 15 is 0 Å². The van der Waals surface area contributed by atoms with Crippen LogP contribution >= 0.6 is 0 Å². The molecule has 2 aromatic heterocycles. The van der Waals surface area contributed by atoms with Crippen LogP contribution in [0.3, 0.4) is 0 Å². The molecule has 1 saturated carbocycles. The zero-order valence-electron chi connectivity index (χ0n) is 15.1. The maximum absolute atomic E-state index is 12.3. The number of aromatic nitrogens is 2. The first-order valence-corrected chi connectivity index (χ1v) is 9.21. The molecule has 0 atom stereocenters. The molecule has 0 unspecified atom stereocenters. The molecule has 2 heterocycles. The molecule has 1 aliphatic rings. The molecule has 1 aliphatic carbocycles. The number of rotatable bonds is 4. The topological polar surface area (TPSA) is 117 Å². The van der Waals surface area contributed by atoms with Crippen molar-refractivity contribution in [1.29, 1.82) is 0 Å². The van der Waals surface area contributed by atoms with Crippen LogP contribution in [0.15, 0.2) is 47.0 Å². The van der Waals surface area contributed by atoms with E-state index in [1.807, 2.05) is 18.2 Å². The summed E-state index contributed by atoms with van der Waals surface area (Å²) in [6.07, 6.45) is 4.17. The predicted octanol–water partition coefficient (Wildman–Crippen LogP) is 3.65. The van der Waals surface area contributed by atoms with Crippen LogP contribution in [0.5, 0.6) is 0 Å². The number of carboxylic acids is 1. The zero-order valence-corrected chi connectivity index (χ0v) is 15.1. The Hall–Kier alpha value is -3.42. The Balaban J connectivity index is 1.39. The lowest BCUT2D eigenvalue weighted by Crippen LogP contribution is -2.40. The summed E-state index contributed by atoms with van der Waals surface area (Å²) >= 11 is 0. The summed E-state index contributed by atoms with van der Waals surface area (Å²) in [5.41, 5.74) is 2.47. The number of carbonyl (C=O) groups excluding carboxylic acids is 1. The van der Waals surface area contributed by atoms with E-state index in [1.165, 1.54) is 0 Å². The highest BCUT2D eigenvalue weighted by Crippen LogP contribution is 2.26. The van der Waals surface area contributed by atoms with Crippen molar-refractivity contribution >= 4 is 28.8 Å². The first-order valence-electron chi connectivity index (χ1n) is 9.21. The van der Waals surface area contributed by atoms with E-state index in [9.17, 15) is 9.59 Å². The third kappa shape index (κ3) is 3.95. The third-order valence-electron chi connectivity index (χ3n) is 4.94. The molecule has 0 bridgehead atoms. The summed E-state index contributed by atoms with van der Waals surface area (Å²) in [6, 6.07) is 10.4. The molecule has 8 nitrogen and oxygen atoms in total. The molecule has 0 saturated heterocycles. The Morgan fingerprint density at radius 3 is 2.64 bits per heavy atom. The van der Waals surface area contributed by atoms with Crippen molar-refractivity contribution in [3.63, 3.8) is 0 Å². The van der Waals surface area contributed by atoms with E-state index < -0.39 is 5.97 Å². The largest absolute Gasteiger partial charge is 0.481 e. The minimum Gasteiger partial charge on any atom is -0.481 e. The number of anilines is 1. The van der Waals surface area contributed by atoms with E-state index in [2.05, 4.69) is 20.6 Å². The Morgan fingerprint density at radius 1 is 1.11 bits per heavy atom. The van der Waals surface area contributed by atoms with Gasteiger partial charge < -0.3 is 20.2 Å². The molecular formula is C20H20N4O4. The van der Waals surface area contributed by atoms with Gasteiger partial charge in [-0.25, -0.2) is 9.78 Å². The fraction of sp³-hybridized carbons (Fsp3) is 0.300. The lowest BCUT2D eigenvalue weighted by molar-refractivity contribution is -0.142. The van der Waals surface area contributed by atoms with Crippen LogP contribution in [0, 0.1) is 5.92 Å². The number of amides is 2. The predicted molar refractivity (Wildman–Crippen MR) is 103 cm³/mol. The quantitative estimate of drug-likeness (QED) is 0.636. The molecule has 0 aliphatic heterocycles. The molecule has 0 spiro atoms. The first-order chi connectivity index (χ1) is 13.6. The van der Waals surface area contributed by atoms with Crippen molar-refractivity contribution in [1.82, 2.24) is 15.3 Å². The SMILES string of the molecule is O=C(Nc1ccc2nc(-c3ccccn3)oc2c1)NC1CCC(C(=O)O)CC1. The first kappa shape index (κ1) is 18.0. The molecule has 1 fully saturated rings. The maximum Gasteiger partial charge on any atom is 0.319 e. The van der Waals surface area contributed by atoms with Gasteiger partial charge in [0.15, 0.2) is 5.58 Å². The van der Waals surface area contributed by atoms with Gasteiger partial charge in [-0.15, -0.1) is 0 Å². The van der Waals surface area contributed by atoms with Crippen LogP contribution in [0.25, 0.3) is 22.7 Å². The summed E-state index contributed by atoms with van der Waals surface area (Å²) in [7, 11) is 0. The molecular weight excluding hydrogens is 360 g/mol. The van der Waals surface area contributed by atoms with Crippen LogP contribution in [0.1, 0.15) is 25.7 Å². The fourth-order valence-electron chi connectivity index (χ4n) is 3.44. The number of benzene rings is 1. The van der Waals surface area contributed by atoms with Gasteiger partial charge in [-0.3, -0.25) is 9.78 Å². The number of carboxylic acid groups (broad SMARTS) is 1. The summed E-state index contributed by atoms with van der Waals surface area (Å²) in [6.45, 7) is 0. The van der Waals surface area contributed by atoms with E-state index in [0.717, 1.165) is 0 Å². The van der Waals surface area contributed by atoms with Gasteiger partial charge in [0.2, 0.25) is 5.89 Å². The lowest BCUT2D eigenvalue weighted by Gasteiger charge is -2.26. The molecule has 28 heavy (non-hydrogen) atoms. The van der Waals surface area contributed by atoms with Crippen molar-refractivity contribution in [3.05, 3.63) is 42.6 Å². The van der Waals surface area contributed by atoms with Crippen LogP contribution in [-0.2, 0) is 4.79 Å². The number of aliphatic carboxylic acids is 1. The molecule has 0 radical (unpaired) electrons. The third-order valence-corrected chi connectivity index (χ3v) is 4.94. The average Bonchev–Trinajstić information content (AvgIpc) is 3.12. The van der Waals surface area contributed by atoms with Gasteiger partial charge in [0.1, 0.15) is 11.2 Å². The highest BCUT2D eigenvalue weighted by Gasteiger charge is 2.26. The number of oxazole rings is 1. The van der Waals surface area contributed by atoms with E-state index in [-0.39, 0.29) is 18.0 Å². The normalized spacial score (nSPS) is 19.3. The van der Waals surface area contributed by atoms with Crippen molar-refractivity contribution in [2.24, 2.45) is 5.92 Å². The molecule has 3 N–H and O–H groups in total. The maximum atomic E-state index is 12.3. The van der Waals surface area contributed by atoms with Gasteiger partial charge in [-0.2, -0.15) is 0 Å². The molecule has 8 heteroatoms. The molecule has 1 aromatic carbocycles. The van der Waals surface area contributed by atoms with Gasteiger partial charge in [0.05, 0.1) is 5.92 Å². The number of fused-ring (bicyclic) bond motifs is 1. The number of nitrogens with one attached hydrogen (secondary N) is 2. The second kappa shape index (κ2) is 7.67. The van der Waals surface area contributed by atoms with E-state index in [0.29, 0.717) is 54.1 Å². The van der Waals surface area contributed by atoms with Crippen LogP contribution in [0.2, 0.25) is 0 Å². The Morgan fingerprint density at radius 2 is 1.93 bits per heavy atom. The number of urea groups is 1. The monoisotopic (exact) mass is 380 g/mol. The Labute approximate surface area is 161 Å². The summed E-state index contributed by atoms with van der Waals surface area (Å²) < 4.78 is 5.76. The molecule has 4 rings (SSSR count). The van der Waals surface area contributed by atoms with Crippen molar-refractivity contribution < 1.29 is 19.1 Å². The smallest absolute Gasteiger partial charge is 0.319 e. The summed E-state index contributed by atoms with van der Waals surface area (Å²) in [5, 5.41) is 14.7. The van der Waals surface area contributed by atoms with Crippen molar-refractivity contribution in [2.75, 3.05) is 5.32 Å². The minimum absolute atomic E-state index is 0.0135. The van der Waals surface area contributed by atoms with Gasteiger partial charge in [-0.05, 0) is 49.9 Å². The van der Waals surface area contributed by atoms with Crippen molar-refractivity contribution in [2.45, 2.75) is 31.7 Å². The second-order valence-electron chi connectivity index (χ2n) is 6.90. The number of nitrogens with zero attached hydrogens (tertiary/aromatic N) is 2. The van der Waals surface area contributed by atoms with Crippen LogP contribution in [0.4, 0.5) is 10.5 Å². The lowest BCUT2D eigenvalue weighted by atomic mass is 9.86. The fourth-order valence-corrected chi connectivity index (χ4v) is 3.44. The number of carbonyl (C=O) groups is 2. The summed E-state index contributed by atoms with van der Waals surface area (Å²) in [5.74, 6) is -0.635. The molecule has 3 aromatic rings. The minimum atomic E-state index is -0.756. The van der Waals surface area contributed by atoms with Gasteiger partial charge in [0, 0.05) is 24.0 Å². The van der Waals surface area contributed by atoms with Gasteiger partial charge >= 0.3 is 12.0 Å². The standard InChI is InChI=1S/C20H20N4O4/c25-19(26)12-4-6-13(7-5-12)22-20(27)23-14-8-9-15-17(11-14)28-18(24-15)16-3-1-2-10-21-16/h1-3,8-13H,4-7H2,(H,25,26)(H2,22,23,27). The van der Waals surface area contributed by atoms with Gasteiger partial charge in [0.25, 0.3) is 0 Å².